The van der Waals surface area contributed by atoms with Gasteiger partial charge in [-0.2, -0.15) is 0 Å². The summed E-state index contributed by atoms with van der Waals surface area (Å²) < 4.78 is 6.21. The van der Waals surface area contributed by atoms with E-state index < -0.39 is 0 Å². The van der Waals surface area contributed by atoms with Crippen LogP contribution in [0.3, 0.4) is 0 Å². The van der Waals surface area contributed by atoms with E-state index in [4.69, 9.17) is 4.74 Å². The molecular formula is C16H20N4OS. The van der Waals surface area contributed by atoms with Crippen LogP contribution in [0, 0.1) is 0 Å². The minimum Gasteiger partial charge on any atom is -0.365 e. The summed E-state index contributed by atoms with van der Waals surface area (Å²) in [6.45, 7) is 4.79. The van der Waals surface area contributed by atoms with Crippen molar-refractivity contribution in [1.29, 1.82) is 0 Å². The number of thiazole rings is 1. The highest BCUT2D eigenvalue weighted by molar-refractivity contribution is 7.15. The maximum Gasteiger partial charge on any atom is 0.182 e. The van der Waals surface area contributed by atoms with Crippen molar-refractivity contribution in [3.8, 4) is 0 Å². The van der Waals surface area contributed by atoms with E-state index in [0.29, 0.717) is 12.6 Å². The molecule has 4 rings (SSSR count). The molecule has 0 amide bonds. The molecule has 1 fully saturated rings. The Hall–Kier alpha value is -1.50. The van der Waals surface area contributed by atoms with Crippen molar-refractivity contribution in [2.24, 2.45) is 0 Å². The van der Waals surface area contributed by atoms with Gasteiger partial charge < -0.3 is 10.1 Å². The zero-order valence-corrected chi connectivity index (χ0v) is 13.7. The van der Waals surface area contributed by atoms with Crippen molar-refractivity contribution in [2.75, 3.05) is 18.9 Å². The maximum atomic E-state index is 6.21. The number of ether oxygens (including phenoxy) is 1. The first kappa shape index (κ1) is 14.1. The molecule has 2 aromatic rings. The first-order valence-corrected chi connectivity index (χ1v) is 8.47. The SMILES string of the molecule is CNc1ncc(CN2CC3(CC2C)OCc2ncccc23)s1. The molecule has 2 aliphatic heterocycles. The lowest BCUT2D eigenvalue weighted by Gasteiger charge is -2.24. The number of likely N-dealkylation sites (tertiary alicyclic amines) is 1. The predicted octanol–water partition coefficient (Wildman–Crippen LogP) is 2.60. The standard InChI is InChI=1S/C16H20N4OS/c1-11-6-16(13-4-3-5-18-14(13)9-21-16)10-20(11)8-12-7-19-15(17-2)22-12/h3-5,7,11H,6,8-10H2,1-2H3,(H,17,19). The van der Waals surface area contributed by atoms with Gasteiger partial charge in [0.15, 0.2) is 5.13 Å². The molecule has 6 heteroatoms. The van der Waals surface area contributed by atoms with Gasteiger partial charge in [-0.15, -0.1) is 11.3 Å². The molecule has 5 nitrogen and oxygen atoms in total. The molecule has 22 heavy (non-hydrogen) atoms. The van der Waals surface area contributed by atoms with Crippen molar-refractivity contribution in [1.82, 2.24) is 14.9 Å². The average molecular weight is 316 g/mol. The third-order valence-electron chi connectivity index (χ3n) is 4.70. The smallest absolute Gasteiger partial charge is 0.182 e. The maximum absolute atomic E-state index is 6.21. The summed E-state index contributed by atoms with van der Waals surface area (Å²) in [5.41, 5.74) is 2.22. The molecule has 0 radical (unpaired) electrons. The molecular weight excluding hydrogens is 296 g/mol. The number of rotatable bonds is 3. The highest BCUT2D eigenvalue weighted by Gasteiger charge is 2.48. The van der Waals surface area contributed by atoms with Crippen LogP contribution < -0.4 is 5.32 Å². The third-order valence-corrected chi connectivity index (χ3v) is 5.70. The second-order valence-electron chi connectivity index (χ2n) is 6.12. The molecule has 0 bridgehead atoms. The number of nitrogens with zero attached hydrogens (tertiary/aromatic N) is 3. The Balaban J connectivity index is 1.55. The van der Waals surface area contributed by atoms with Crippen molar-refractivity contribution in [3.63, 3.8) is 0 Å². The molecule has 4 heterocycles. The van der Waals surface area contributed by atoms with Crippen LogP contribution in [0.15, 0.2) is 24.5 Å². The second kappa shape index (κ2) is 5.30. The number of fused-ring (bicyclic) bond motifs is 2. The number of anilines is 1. The first-order valence-electron chi connectivity index (χ1n) is 7.65. The molecule has 0 aliphatic carbocycles. The highest BCUT2D eigenvalue weighted by Crippen LogP contribution is 2.45. The van der Waals surface area contributed by atoms with Gasteiger partial charge in [0.2, 0.25) is 0 Å². The Morgan fingerprint density at radius 2 is 2.41 bits per heavy atom. The molecule has 2 aliphatic rings. The minimum atomic E-state index is -0.167. The number of hydrogen-bond donors (Lipinski definition) is 1. The zero-order chi connectivity index (χ0) is 15.2. The summed E-state index contributed by atoms with van der Waals surface area (Å²) in [5.74, 6) is 0. The molecule has 1 spiro atoms. The van der Waals surface area contributed by atoms with Gasteiger partial charge in [0.05, 0.1) is 12.3 Å². The lowest BCUT2D eigenvalue weighted by Crippen LogP contribution is -2.31. The molecule has 2 atom stereocenters. The van der Waals surface area contributed by atoms with Crippen molar-refractivity contribution in [2.45, 2.75) is 38.1 Å². The molecule has 0 aromatic carbocycles. The topological polar surface area (TPSA) is 50.3 Å². The van der Waals surface area contributed by atoms with E-state index in [-0.39, 0.29) is 5.60 Å². The Morgan fingerprint density at radius 1 is 1.50 bits per heavy atom. The summed E-state index contributed by atoms with van der Waals surface area (Å²) in [6, 6.07) is 4.69. The molecule has 2 unspecified atom stereocenters. The Morgan fingerprint density at radius 3 is 3.23 bits per heavy atom. The van der Waals surface area contributed by atoms with Crippen LogP contribution in [0.2, 0.25) is 0 Å². The van der Waals surface area contributed by atoms with Crippen LogP contribution in [0.4, 0.5) is 5.13 Å². The number of pyridine rings is 1. The van der Waals surface area contributed by atoms with Gasteiger partial charge in [0.25, 0.3) is 0 Å². The van der Waals surface area contributed by atoms with E-state index in [2.05, 4.69) is 33.2 Å². The van der Waals surface area contributed by atoms with Crippen LogP contribution in [-0.2, 0) is 23.5 Å². The summed E-state index contributed by atoms with van der Waals surface area (Å²) >= 11 is 1.72. The quantitative estimate of drug-likeness (QED) is 0.943. The van der Waals surface area contributed by atoms with E-state index in [0.717, 1.165) is 30.3 Å². The van der Waals surface area contributed by atoms with Crippen LogP contribution in [0.1, 0.15) is 29.5 Å². The molecule has 2 aromatic heterocycles. The van der Waals surface area contributed by atoms with Gasteiger partial charge in [-0.25, -0.2) is 4.98 Å². The Labute approximate surface area is 134 Å². The number of hydrogen-bond acceptors (Lipinski definition) is 6. The third kappa shape index (κ3) is 2.22. The van der Waals surface area contributed by atoms with Gasteiger partial charge in [0, 0.05) is 49.0 Å². The fraction of sp³-hybridized carbons (Fsp3) is 0.500. The fourth-order valence-electron chi connectivity index (χ4n) is 3.61. The lowest BCUT2D eigenvalue weighted by atomic mass is 9.92. The predicted molar refractivity (Wildman–Crippen MR) is 86.9 cm³/mol. The van der Waals surface area contributed by atoms with Crippen molar-refractivity contribution < 1.29 is 4.74 Å². The number of nitrogens with one attached hydrogen (secondary N) is 1. The van der Waals surface area contributed by atoms with Crippen LogP contribution in [0.5, 0.6) is 0 Å². The van der Waals surface area contributed by atoms with Gasteiger partial charge in [-0.3, -0.25) is 9.88 Å². The lowest BCUT2D eigenvalue weighted by molar-refractivity contribution is -0.0305. The van der Waals surface area contributed by atoms with E-state index in [1.165, 1.54) is 10.4 Å². The van der Waals surface area contributed by atoms with E-state index in [1.807, 2.05) is 25.5 Å². The molecule has 116 valence electrons. The monoisotopic (exact) mass is 316 g/mol. The average Bonchev–Trinajstić information content (AvgIpc) is 3.21. The summed E-state index contributed by atoms with van der Waals surface area (Å²) in [4.78, 5) is 12.6. The molecule has 0 saturated carbocycles. The summed E-state index contributed by atoms with van der Waals surface area (Å²) in [6.07, 6.45) is 4.86. The van der Waals surface area contributed by atoms with Gasteiger partial charge in [-0.1, -0.05) is 6.07 Å². The number of aromatic nitrogens is 2. The van der Waals surface area contributed by atoms with Crippen LogP contribution in [0.25, 0.3) is 0 Å². The highest BCUT2D eigenvalue weighted by atomic mass is 32.1. The molecule has 1 saturated heterocycles. The Bertz CT molecular complexity index is 688. The summed E-state index contributed by atoms with van der Waals surface area (Å²) in [5, 5.41) is 4.08. The van der Waals surface area contributed by atoms with E-state index in [9.17, 15) is 0 Å². The fourth-order valence-corrected chi connectivity index (χ4v) is 4.41. The normalized spacial score (nSPS) is 27.5. The largest absolute Gasteiger partial charge is 0.365 e. The molecule has 1 N–H and O–H groups in total. The minimum absolute atomic E-state index is 0.167. The zero-order valence-electron chi connectivity index (χ0n) is 12.9. The van der Waals surface area contributed by atoms with Crippen LogP contribution >= 0.6 is 11.3 Å². The van der Waals surface area contributed by atoms with Gasteiger partial charge >= 0.3 is 0 Å². The van der Waals surface area contributed by atoms with Gasteiger partial charge in [0.1, 0.15) is 5.60 Å². The summed E-state index contributed by atoms with van der Waals surface area (Å²) in [7, 11) is 1.91. The van der Waals surface area contributed by atoms with Crippen molar-refractivity contribution >= 4 is 16.5 Å². The van der Waals surface area contributed by atoms with E-state index in [1.54, 1.807) is 11.3 Å². The first-order chi connectivity index (χ1) is 10.7. The van der Waals surface area contributed by atoms with Crippen molar-refractivity contribution in [3.05, 3.63) is 40.7 Å². The Kier molecular flexibility index (Phi) is 3.40. The van der Waals surface area contributed by atoms with E-state index >= 15 is 0 Å². The van der Waals surface area contributed by atoms with Gasteiger partial charge in [-0.05, 0) is 19.4 Å². The van der Waals surface area contributed by atoms with Crippen LogP contribution in [-0.4, -0.2) is 34.5 Å². The second-order valence-corrected chi connectivity index (χ2v) is 7.24.